The summed E-state index contributed by atoms with van der Waals surface area (Å²) in [6.45, 7) is 6.16. The Morgan fingerprint density at radius 3 is 2.83 bits per heavy atom. The molecule has 1 unspecified atom stereocenters. The molecule has 0 spiro atoms. The van der Waals surface area contributed by atoms with Crippen LogP contribution >= 0.6 is 0 Å². The van der Waals surface area contributed by atoms with E-state index >= 15 is 0 Å². The van der Waals surface area contributed by atoms with Crippen molar-refractivity contribution in [1.82, 2.24) is 20.4 Å². The average Bonchev–Trinajstić information content (AvgIpc) is 2.99. The van der Waals surface area contributed by atoms with Crippen LogP contribution in [0.4, 0.5) is 0 Å². The second kappa shape index (κ2) is 5.95. The Balaban J connectivity index is 1.70. The monoisotopic (exact) mass is 252 g/mol. The van der Waals surface area contributed by atoms with Crippen molar-refractivity contribution < 1.29 is 9.32 Å². The lowest BCUT2D eigenvalue weighted by molar-refractivity contribution is -0.131. The number of hydrogen-bond donors (Lipinski definition) is 1. The zero-order chi connectivity index (χ0) is 13.0. The minimum absolute atomic E-state index is 0.146. The SMILES string of the molecule is Cc1noc(CCNC(C)C(=O)N2CCCC2)n1. The van der Waals surface area contributed by atoms with Crippen LogP contribution in [0.15, 0.2) is 4.52 Å². The predicted octanol–water partition coefficient (Wildman–Crippen LogP) is 0.521. The Morgan fingerprint density at radius 2 is 2.22 bits per heavy atom. The first-order valence-electron chi connectivity index (χ1n) is 6.48. The largest absolute Gasteiger partial charge is 0.341 e. The van der Waals surface area contributed by atoms with Crippen molar-refractivity contribution in [3.63, 3.8) is 0 Å². The summed E-state index contributed by atoms with van der Waals surface area (Å²) in [5.74, 6) is 1.45. The van der Waals surface area contributed by atoms with Gasteiger partial charge >= 0.3 is 0 Å². The van der Waals surface area contributed by atoms with Gasteiger partial charge in [0.25, 0.3) is 0 Å². The van der Waals surface area contributed by atoms with Crippen molar-refractivity contribution >= 4 is 5.91 Å². The van der Waals surface area contributed by atoms with Gasteiger partial charge in [-0.25, -0.2) is 0 Å². The molecule has 2 heterocycles. The molecule has 1 amide bonds. The van der Waals surface area contributed by atoms with Crippen molar-refractivity contribution in [3.8, 4) is 0 Å². The van der Waals surface area contributed by atoms with Gasteiger partial charge in [-0.1, -0.05) is 5.16 Å². The van der Waals surface area contributed by atoms with Crippen molar-refractivity contribution in [3.05, 3.63) is 11.7 Å². The lowest BCUT2D eigenvalue weighted by Gasteiger charge is -2.20. The maximum Gasteiger partial charge on any atom is 0.239 e. The molecule has 2 rings (SSSR count). The van der Waals surface area contributed by atoms with Crippen LogP contribution in [-0.2, 0) is 11.2 Å². The van der Waals surface area contributed by atoms with Gasteiger partial charge in [-0.15, -0.1) is 0 Å². The van der Waals surface area contributed by atoms with Crippen LogP contribution in [0, 0.1) is 6.92 Å². The normalized spacial score (nSPS) is 17.1. The Kier molecular flexibility index (Phi) is 4.30. The standard InChI is InChI=1S/C12H20N4O2/c1-9(12(17)16-7-3-4-8-16)13-6-5-11-14-10(2)15-18-11/h9,13H,3-8H2,1-2H3. The van der Waals surface area contributed by atoms with Crippen LogP contribution in [0.2, 0.25) is 0 Å². The molecule has 1 saturated heterocycles. The van der Waals surface area contributed by atoms with E-state index in [9.17, 15) is 4.79 Å². The van der Waals surface area contributed by atoms with Crippen LogP contribution in [-0.4, -0.2) is 46.6 Å². The number of carbonyl (C=O) groups excluding carboxylic acids is 1. The number of likely N-dealkylation sites (tertiary alicyclic amines) is 1. The Bertz CT molecular complexity index is 399. The maximum absolute atomic E-state index is 12.0. The first-order chi connectivity index (χ1) is 8.66. The molecule has 1 aromatic heterocycles. The van der Waals surface area contributed by atoms with Crippen molar-refractivity contribution in [2.24, 2.45) is 0 Å². The molecule has 0 aliphatic carbocycles. The summed E-state index contributed by atoms with van der Waals surface area (Å²) in [5.41, 5.74) is 0. The quantitative estimate of drug-likeness (QED) is 0.827. The Labute approximate surface area is 107 Å². The summed E-state index contributed by atoms with van der Waals surface area (Å²) in [6, 6.07) is -0.146. The third-order valence-corrected chi connectivity index (χ3v) is 3.15. The van der Waals surface area contributed by atoms with Gasteiger partial charge in [0.05, 0.1) is 6.04 Å². The minimum Gasteiger partial charge on any atom is -0.341 e. The first kappa shape index (κ1) is 13.0. The second-order valence-corrected chi connectivity index (χ2v) is 4.69. The smallest absolute Gasteiger partial charge is 0.239 e. The maximum atomic E-state index is 12.0. The fourth-order valence-corrected chi connectivity index (χ4v) is 2.14. The van der Waals surface area contributed by atoms with E-state index in [1.54, 1.807) is 6.92 Å². The molecule has 1 N–H and O–H groups in total. The summed E-state index contributed by atoms with van der Waals surface area (Å²) in [5, 5.41) is 6.92. The summed E-state index contributed by atoms with van der Waals surface area (Å²) >= 11 is 0. The van der Waals surface area contributed by atoms with Crippen molar-refractivity contribution in [2.45, 2.75) is 39.2 Å². The summed E-state index contributed by atoms with van der Waals surface area (Å²) in [6.07, 6.45) is 2.90. The molecule has 1 aliphatic heterocycles. The third-order valence-electron chi connectivity index (χ3n) is 3.15. The van der Waals surface area contributed by atoms with E-state index in [2.05, 4.69) is 15.5 Å². The fraction of sp³-hybridized carbons (Fsp3) is 0.750. The zero-order valence-electron chi connectivity index (χ0n) is 11.0. The number of aromatic nitrogens is 2. The van der Waals surface area contributed by atoms with E-state index in [4.69, 9.17) is 4.52 Å². The number of nitrogens with one attached hydrogen (secondary N) is 1. The molecule has 100 valence electrons. The van der Waals surface area contributed by atoms with E-state index in [1.165, 1.54) is 0 Å². The predicted molar refractivity (Wildman–Crippen MR) is 66.0 cm³/mol. The van der Waals surface area contributed by atoms with Gasteiger partial charge in [-0.05, 0) is 26.7 Å². The van der Waals surface area contributed by atoms with E-state index in [-0.39, 0.29) is 11.9 Å². The molecule has 6 nitrogen and oxygen atoms in total. The highest BCUT2D eigenvalue weighted by Gasteiger charge is 2.22. The van der Waals surface area contributed by atoms with E-state index in [0.29, 0.717) is 24.7 Å². The van der Waals surface area contributed by atoms with E-state index in [0.717, 1.165) is 25.9 Å². The highest BCUT2D eigenvalue weighted by molar-refractivity contribution is 5.81. The molecule has 0 bridgehead atoms. The summed E-state index contributed by atoms with van der Waals surface area (Å²) in [7, 11) is 0. The molecular formula is C12H20N4O2. The van der Waals surface area contributed by atoms with Crippen LogP contribution in [0.1, 0.15) is 31.5 Å². The number of aryl methyl sites for hydroxylation is 1. The Hall–Kier alpha value is -1.43. The number of rotatable bonds is 5. The number of nitrogens with zero attached hydrogens (tertiary/aromatic N) is 3. The van der Waals surface area contributed by atoms with Gasteiger partial charge in [-0.2, -0.15) is 4.98 Å². The van der Waals surface area contributed by atoms with Crippen LogP contribution in [0.5, 0.6) is 0 Å². The molecule has 1 atom stereocenters. The lowest BCUT2D eigenvalue weighted by Crippen LogP contribution is -2.44. The van der Waals surface area contributed by atoms with Gasteiger partial charge in [0.15, 0.2) is 5.82 Å². The van der Waals surface area contributed by atoms with Crippen LogP contribution in [0.3, 0.4) is 0 Å². The highest BCUT2D eigenvalue weighted by atomic mass is 16.5. The molecule has 6 heteroatoms. The number of carbonyl (C=O) groups is 1. The summed E-state index contributed by atoms with van der Waals surface area (Å²) in [4.78, 5) is 18.0. The second-order valence-electron chi connectivity index (χ2n) is 4.69. The van der Waals surface area contributed by atoms with Gasteiger partial charge in [0, 0.05) is 26.1 Å². The highest BCUT2D eigenvalue weighted by Crippen LogP contribution is 2.08. The van der Waals surface area contributed by atoms with Gasteiger partial charge in [-0.3, -0.25) is 4.79 Å². The van der Waals surface area contributed by atoms with Gasteiger partial charge in [0.2, 0.25) is 11.8 Å². The number of hydrogen-bond acceptors (Lipinski definition) is 5. The van der Waals surface area contributed by atoms with Crippen LogP contribution in [0.25, 0.3) is 0 Å². The number of amides is 1. The Morgan fingerprint density at radius 1 is 1.50 bits per heavy atom. The molecule has 0 radical (unpaired) electrons. The first-order valence-corrected chi connectivity index (χ1v) is 6.48. The van der Waals surface area contributed by atoms with Crippen molar-refractivity contribution in [1.29, 1.82) is 0 Å². The molecule has 18 heavy (non-hydrogen) atoms. The molecule has 1 fully saturated rings. The molecule has 0 saturated carbocycles. The van der Waals surface area contributed by atoms with Gasteiger partial charge in [0.1, 0.15) is 0 Å². The van der Waals surface area contributed by atoms with Gasteiger partial charge < -0.3 is 14.7 Å². The molecule has 0 aromatic carbocycles. The molecule has 1 aromatic rings. The zero-order valence-corrected chi connectivity index (χ0v) is 11.0. The third kappa shape index (κ3) is 3.29. The molecular weight excluding hydrogens is 232 g/mol. The average molecular weight is 252 g/mol. The fourth-order valence-electron chi connectivity index (χ4n) is 2.14. The van der Waals surface area contributed by atoms with Crippen LogP contribution < -0.4 is 5.32 Å². The topological polar surface area (TPSA) is 71.3 Å². The summed E-state index contributed by atoms with van der Waals surface area (Å²) < 4.78 is 5.01. The lowest BCUT2D eigenvalue weighted by atomic mass is 10.2. The van der Waals surface area contributed by atoms with Crippen molar-refractivity contribution in [2.75, 3.05) is 19.6 Å². The minimum atomic E-state index is -0.146. The van der Waals surface area contributed by atoms with E-state index < -0.39 is 0 Å². The molecule has 1 aliphatic rings. The van der Waals surface area contributed by atoms with E-state index in [1.807, 2.05) is 11.8 Å².